The maximum atomic E-state index is 11.5. The highest BCUT2D eigenvalue weighted by Crippen LogP contribution is 2.10. The molecule has 8 heteroatoms. The molecule has 0 fully saturated rings. The molecule has 1 aromatic carbocycles. The molecule has 7 nitrogen and oxygen atoms in total. The molecule has 1 aromatic rings. The van der Waals surface area contributed by atoms with E-state index in [4.69, 9.17) is 18.0 Å². The van der Waals surface area contributed by atoms with Crippen LogP contribution in [0, 0.1) is 0 Å². The molecule has 0 unspecified atom stereocenters. The van der Waals surface area contributed by atoms with Gasteiger partial charge in [-0.1, -0.05) is 6.07 Å². The fraction of sp³-hybridized carbons (Fsp3) is 0.231. The van der Waals surface area contributed by atoms with E-state index < -0.39 is 17.8 Å². The lowest BCUT2D eigenvalue weighted by atomic mass is 10.2. The molecule has 0 aromatic heterocycles. The van der Waals surface area contributed by atoms with Crippen LogP contribution in [0.15, 0.2) is 24.3 Å². The number of primary amides is 1. The van der Waals surface area contributed by atoms with Crippen molar-refractivity contribution in [2.45, 2.75) is 12.8 Å². The van der Waals surface area contributed by atoms with E-state index in [0.29, 0.717) is 11.3 Å². The van der Waals surface area contributed by atoms with Gasteiger partial charge in [-0.05, 0) is 30.4 Å². The van der Waals surface area contributed by atoms with Crippen molar-refractivity contribution in [1.29, 1.82) is 0 Å². The first-order valence-electron chi connectivity index (χ1n) is 6.00. The Labute approximate surface area is 126 Å². The van der Waals surface area contributed by atoms with E-state index in [1.54, 1.807) is 18.2 Å². The van der Waals surface area contributed by atoms with Crippen molar-refractivity contribution in [3.05, 3.63) is 29.8 Å². The summed E-state index contributed by atoms with van der Waals surface area (Å²) in [5.41, 5.74) is 6.00. The maximum Gasteiger partial charge on any atom is 0.306 e. The molecule has 4 N–H and O–H groups in total. The minimum atomic E-state index is -0.563. The number of hydrogen-bond acceptors (Lipinski definition) is 5. The summed E-state index contributed by atoms with van der Waals surface area (Å²) in [4.78, 5) is 33.5. The monoisotopic (exact) mass is 309 g/mol. The lowest BCUT2D eigenvalue weighted by Crippen LogP contribution is -2.34. The lowest BCUT2D eigenvalue weighted by Gasteiger charge is -2.10. The molecular weight excluding hydrogens is 294 g/mol. The Morgan fingerprint density at radius 1 is 1.29 bits per heavy atom. The Balaban J connectivity index is 2.50. The summed E-state index contributed by atoms with van der Waals surface area (Å²) in [6, 6.07) is 6.37. The van der Waals surface area contributed by atoms with Crippen molar-refractivity contribution in [2.24, 2.45) is 5.73 Å². The first-order valence-corrected chi connectivity index (χ1v) is 6.40. The summed E-state index contributed by atoms with van der Waals surface area (Å²) in [6.45, 7) is 0. The minimum Gasteiger partial charge on any atom is -0.469 e. The van der Waals surface area contributed by atoms with E-state index in [1.807, 2.05) is 0 Å². The Kier molecular flexibility index (Phi) is 6.28. The van der Waals surface area contributed by atoms with E-state index in [9.17, 15) is 14.4 Å². The smallest absolute Gasteiger partial charge is 0.306 e. The van der Waals surface area contributed by atoms with Crippen LogP contribution in [0.3, 0.4) is 0 Å². The SMILES string of the molecule is COC(=O)CCC(=O)NC(=S)Nc1cccc(C(N)=O)c1. The number of nitrogens with two attached hydrogens (primary N) is 1. The predicted molar refractivity (Wildman–Crippen MR) is 80.6 cm³/mol. The summed E-state index contributed by atoms with van der Waals surface area (Å²) in [6.07, 6.45) is -0.0576. The number of carbonyl (C=O) groups excluding carboxylic acids is 3. The van der Waals surface area contributed by atoms with Crippen molar-refractivity contribution < 1.29 is 19.1 Å². The number of amides is 2. The summed E-state index contributed by atoms with van der Waals surface area (Å²) in [7, 11) is 1.25. The van der Waals surface area contributed by atoms with Gasteiger partial charge in [-0.15, -0.1) is 0 Å². The summed E-state index contributed by atoms with van der Waals surface area (Å²) in [5.74, 6) is -1.45. The molecule has 0 aliphatic heterocycles. The molecule has 0 saturated heterocycles. The van der Waals surface area contributed by atoms with Crippen LogP contribution in [0.1, 0.15) is 23.2 Å². The van der Waals surface area contributed by atoms with Crippen LogP contribution in [0.25, 0.3) is 0 Å². The number of nitrogens with one attached hydrogen (secondary N) is 2. The predicted octanol–water partition coefficient (Wildman–Crippen LogP) is 0.552. The van der Waals surface area contributed by atoms with Crippen LogP contribution in [-0.2, 0) is 14.3 Å². The standard InChI is InChI=1S/C13H15N3O4S/c1-20-11(18)6-5-10(17)16-13(21)15-9-4-2-3-8(7-9)12(14)19/h2-4,7H,5-6H2,1H3,(H2,14,19)(H2,15,16,17,21). The normalized spacial score (nSPS) is 9.57. The van der Waals surface area contributed by atoms with Gasteiger partial charge in [0.25, 0.3) is 0 Å². The molecule has 0 aliphatic carbocycles. The van der Waals surface area contributed by atoms with Crippen molar-refractivity contribution in [3.63, 3.8) is 0 Å². The highest BCUT2D eigenvalue weighted by molar-refractivity contribution is 7.80. The molecular formula is C13H15N3O4S. The number of rotatable bonds is 5. The zero-order valence-corrected chi connectivity index (χ0v) is 12.2. The Hall–Kier alpha value is -2.48. The fourth-order valence-corrected chi connectivity index (χ4v) is 1.65. The quantitative estimate of drug-likeness (QED) is 0.541. The Morgan fingerprint density at radius 3 is 2.62 bits per heavy atom. The first kappa shape index (κ1) is 16.6. The number of methoxy groups -OCH3 is 1. The van der Waals surface area contributed by atoms with Gasteiger partial charge < -0.3 is 21.1 Å². The number of anilines is 1. The van der Waals surface area contributed by atoms with Gasteiger partial charge in [-0.2, -0.15) is 0 Å². The second-order valence-corrected chi connectivity index (χ2v) is 4.43. The number of ether oxygens (including phenoxy) is 1. The molecule has 0 spiro atoms. The van der Waals surface area contributed by atoms with Gasteiger partial charge in [0.1, 0.15) is 0 Å². The molecule has 0 saturated carbocycles. The second-order valence-electron chi connectivity index (χ2n) is 4.02. The summed E-state index contributed by atoms with van der Waals surface area (Å²) in [5, 5.41) is 5.22. The van der Waals surface area contributed by atoms with Gasteiger partial charge in [0, 0.05) is 17.7 Å². The number of esters is 1. The van der Waals surface area contributed by atoms with E-state index in [1.165, 1.54) is 13.2 Å². The zero-order chi connectivity index (χ0) is 15.8. The number of hydrogen-bond donors (Lipinski definition) is 3. The van der Waals surface area contributed by atoms with E-state index >= 15 is 0 Å². The Morgan fingerprint density at radius 2 is 2.00 bits per heavy atom. The van der Waals surface area contributed by atoms with Crippen molar-refractivity contribution in [2.75, 3.05) is 12.4 Å². The second kappa shape index (κ2) is 7.95. The van der Waals surface area contributed by atoms with E-state index in [0.717, 1.165) is 0 Å². The number of benzene rings is 1. The maximum absolute atomic E-state index is 11.5. The molecule has 21 heavy (non-hydrogen) atoms. The Bertz CT molecular complexity index is 574. The number of thiocarbonyl (C=S) groups is 1. The average molecular weight is 309 g/mol. The molecule has 112 valence electrons. The van der Waals surface area contributed by atoms with E-state index in [2.05, 4.69) is 15.4 Å². The first-order chi connectivity index (χ1) is 9.92. The van der Waals surface area contributed by atoms with Gasteiger partial charge in [0.05, 0.1) is 13.5 Å². The molecule has 1 rings (SSSR count). The molecule has 0 heterocycles. The van der Waals surface area contributed by atoms with Crippen molar-refractivity contribution >= 4 is 40.8 Å². The minimum absolute atomic E-state index is 0.0257. The highest BCUT2D eigenvalue weighted by Gasteiger charge is 2.09. The van der Waals surface area contributed by atoms with Crippen LogP contribution < -0.4 is 16.4 Å². The fourth-order valence-electron chi connectivity index (χ4n) is 1.42. The van der Waals surface area contributed by atoms with Crippen LogP contribution in [0.4, 0.5) is 5.69 Å². The summed E-state index contributed by atoms with van der Waals surface area (Å²) < 4.78 is 4.43. The van der Waals surface area contributed by atoms with Crippen LogP contribution >= 0.6 is 12.2 Å². The van der Waals surface area contributed by atoms with Gasteiger partial charge >= 0.3 is 5.97 Å². The third-order valence-electron chi connectivity index (χ3n) is 2.44. The van der Waals surface area contributed by atoms with Crippen LogP contribution in [-0.4, -0.2) is 30.0 Å². The lowest BCUT2D eigenvalue weighted by molar-refractivity contribution is -0.142. The van der Waals surface area contributed by atoms with Crippen molar-refractivity contribution in [3.8, 4) is 0 Å². The van der Waals surface area contributed by atoms with Gasteiger partial charge in [-0.3, -0.25) is 14.4 Å². The van der Waals surface area contributed by atoms with Crippen LogP contribution in [0.5, 0.6) is 0 Å². The van der Waals surface area contributed by atoms with E-state index in [-0.39, 0.29) is 18.0 Å². The third kappa shape index (κ3) is 6.00. The average Bonchev–Trinajstić information content (AvgIpc) is 2.44. The summed E-state index contributed by atoms with van der Waals surface area (Å²) >= 11 is 4.95. The van der Waals surface area contributed by atoms with Crippen LogP contribution in [0.2, 0.25) is 0 Å². The third-order valence-corrected chi connectivity index (χ3v) is 2.65. The molecule has 0 atom stereocenters. The molecule has 2 amide bonds. The van der Waals surface area contributed by atoms with Gasteiger partial charge in [0.15, 0.2) is 5.11 Å². The molecule has 0 radical (unpaired) electrons. The molecule has 0 aliphatic rings. The van der Waals surface area contributed by atoms with Gasteiger partial charge in [0.2, 0.25) is 11.8 Å². The van der Waals surface area contributed by atoms with Gasteiger partial charge in [-0.25, -0.2) is 0 Å². The largest absolute Gasteiger partial charge is 0.469 e. The zero-order valence-electron chi connectivity index (χ0n) is 11.3. The van der Waals surface area contributed by atoms with Crippen molar-refractivity contribution in [1.82, 2.24) is 5.32 Å². The molecule has 0 bridgehead atoms. The topological polar surface area (TPSA) is 111 Å². The number of carbonyl (C=O) groups is 3. The highest BCUT2D eigenvalue weighted by atomic mass is 32.1.